The van der Waals surface area contributed by atoms with Gasteiger partial charge < -0.3 is 10.2 Å². The third-order valence-electron chi connectivity index (χ3n) is 4.40. The van der Waals surface area contributed by atoms with Crippen molar-refractivity contribution in [1.82, 2.24) is 4.90 Å². The molecule has 1 heterocycles. The number of hydrogen-bond acceptors (Lipinski definition) is 2. The van der Waals surface area contributed by atoms with Crippen molar-refractivity contribution in [2.75, 3.05) is 11.9 Å². The molecule has 2 aromatic carbocycles. The Morgan fingerprint density at radius 1 is 1.12 bits per heavy atom. The summed E-state index contributed by atoms with van der Waals surface area (Å²) in [7, 11) is 0. The highest BCUT2D eigenvalue weighted by Gasteiger charge is 2.31. The van der Waals surface area contributed by atoms with E-state index in [1.165, 1.54) is 0 Å². The van der Waals surface area contributed by atoms with Crippen LogP contribution in [0.15, 0.2) is 42.5 Å². The van der Waals surface area contributed by atoms with Crippen LogP contribution in [0.2, 0.25) is 0 Å². The molecule has 0 fully saturated rings. The molecule has 4 nitrogen and oxygen atoms in total. The highest BCUT2D eigenvalue weighted by atomic mass is 16.2. The van der Waals surface area contributed by atoms with Crippen LogP contribution in [0.5, 0.6) is 0 Å². The number of amides is 2. The maximum Gasteiger partial charge on any atom is 0.256 e. The Balaban J connectivity index is 1.90. The average Bonchev–Trinajstić information content (AvgIpc) is 2.92. The number of fused-ring (bicyclic) bond motifs is 1. The monoisotopic (exact) mass is 322 g/mol. The quantitative estimate of drug-likeness (QED) is 0.908. The SMILES string of the molecule is CCCN1Cc2cccc(C(=O)Nc3ccccc3CC)c2C1=O. The van der Waals surface area contributed by atoms with E-state index in [2.05, 4.69) is 12.2 Å². The number of carbonyl (C=O) groups excluding carboxylic acids is 2. The third-order valence-corrected chi connectivity index (χ3v) is 4.40. The van der Waals surface area contributed by atoms with E-state index in [4.69, 9.17) is 0 Å². The molecular weight excluding hydrogens is 300 g/mol. The summed E-state index contributed by atoms with van der Waals surface area (Å²) in [5, 5.41) is 2.97. The van der Waals surface area contributed by atoms with E-state index < -0.39 is 0 Å². The second-order valence-corrected chi connectivity index (χ2v) is 6.03. The van der Waals surface area contributed by atoms with Crippen molar-refractivity contribution in [3.63, 3.8) is 0 Å². The average molecular weight is 322 g/mol. The van der Waals surface area contributed by atoms with Crippen LogP contribution >= 0.6 is 0 Å². The van der Waals surface area contributed by atoms with Gasteiger partial charge in [0.2, 0.25) is 0 Å². The molecule has 4 heteroatoms. The van der Waals surface area contributed by atoms with Gasteiger partial charge in [-0.25, -0.2) is 0 Å². The van der Waals surface area contributed by atoms with Gasteiger partial charge in [-0.2, -0.15) is 0 Å². The molecule has 0 aromatic heterocycles. The van der Waals surface area contributed by atoms with Gasteiger partial charge in [0.05, 0.1) is 11.1 Å². The molecule has 3 rings (SSSR count). The second-order valence-electron chi connectivity index (χ2n) is 6.03. The number of nitrogens with zero attached hydrogens (tertiary/aromatic N) is 1. The van der Waals surface area contributed by atoms with E-state index in [1.54, 1.807) is 11.0 Å². The van der Waals surface area contributed by atoms with E-state index >= 15 is 0 Å². The first kappa shape index (κ1) is 16.2. The summed E-state index contributed by atoms with van der Waals surface area (Å²) < 4.78 is 0. The minimum atomic E-state index is -0.223. The normalized spacial score (nSPS) is 13.1. The highest BCUT2D eigenvalue weighted by molar-refractivity contribution is 6.13. The van der Waals surface area contributed by atoms with Gasteiger partial charge in [-0.15, -0.1) is 0 Å². The van der Waals surface area contributed by atoms with E-state index in [0.29, 0.717) is 24.2 Å². The van der Waals surface area contributed by atoms with Crippen molar-refractivity contribution in [2.24, 2.45) is 0 Å². The number of benzene rings is 2. The maximum atomic E-state index is 12.8. The van der Waals surface area contributed by atoms with Gasteiger partial charge in [-0.05, 0) is 36.1 Å². The molecule has 0 radical (unpaired) electrons. The fourth-order valence-corrected chi connectivity index (χ4v) is 3.20. The Morgan fingerprint density at radius 3 is 2.67 bits per heavy atom. The van der Waals surface area contributed by atoms with Crippen LogP contribution in [0.1, 0.15) is 52.1 Å². The molecule has 2 aromatic rings. The van der Waals surface area contributed by atoms with Crippen LogP contribution < -0.4 is 5.32 Å². The maximum absolute atomic E-state index is 12.8. The highest BCUT2D eigenvalue weighted by Crippen LogP contribution is 2.27. The lowest BCUT2D eigenvalue weighted by molar-refractivity contribution is 0.0774. The van der Waals surface area contributed by atoms with E-state index in [-0.39, 0.29) is 11.8 Å². The lowest BCUT2D eigenvalue weighted by atomic mass is 10.0. The molecule has 0 spiro atoms. The number of anilines is 1. The zero-order chi connectivity index (χ0) is 17.1. The van der Waals surface area contributed by atoms with Crippen LogP contribution in [0.3, 0.4) is 0 Å². The zero-order valence-corrected chi connectivity index (χ0v) is 14.1. The number of aryl methyl sites for hydroxylation is 1. The summed E-state index contributed by atoms with van der Waals surface area (Å²) in [6, 6.07) is 13.3. The molecule has 0 atom stereocenters. The van der Waals surface area contributed by atoms with Gasteiger partial charge in [-0.1, -0.05) is 44.2 Å². The Kier molecular flexibility index (Phi) is 4.65. The summed E-state index contributed by atoms with van der Waals surface area (Å²) in [6.07, 6.45) is 1.75. The summed E-state index contributed by atoms with van der Waals surface area (Å²) in [5.41, 5.74) is 3.83. The third kappa shape index (κ3) is 2.92. The zero-order valence-electron chi connectivity index (χ0n) is 14.1. The van der Waals surface area contributed by atoms with Gasteiger partial charge in [0.15, 0.2) is 0 Å². The number of hydrogen-bond donors (Lipinski definition) is 1. The molecule has 1 aliphatic heterocycles. The van der Waals surface area contributed by atoms with Crippen molar-refractivity contribution in [3.8, 4) is 0 Å². The number of rotatable bonds is 5. The lowest BCUT2D eigenvalue weighted by Gasteiger charge is -2.14. The van der Waals surface area contributed by atoms with E-state index in [1.807, 2.05) is 43.3 Å². The molecule has 0 saturated carbocycles. The van der Waals surface area contributed by atoms with Gasteiger partial charge in [-0.3, -0.25) is 9.59 Å². The van der Waals surface area contributed by atoms with Crippen LogP contribution in [0.4, 0.5) is 5.69 Å². The van der Waals surface area contributed by atoms with Crippen LogP contribution in [0.25, 0.3) is 0 Å². The van der Waals surface area contributed by atoms with Crippen molar-refractivity contribution in [1.29, 1.82) is 0 Å². The number of nitrogens with one attached hydrogen (secondary N) is 1. The molecule has 2 amide bonds. The van der Waals surface area contributed by atoms with Gasteiger partial charge in [0.25, 0.3) is 11.8 Å². The summed E-state index contributed by atoms with van der Waals surface area (Å²) >= 11 is 0. The predicted molar refractivity (Wildman–Crippen MR) is 95.2 cm³/mol. The fraction of sp³-hybridized carbons (Fsp3) is 0.300. The molecule has 1 aliphatic rings. The molecule has 1 N–H and O–H groups in total. The van der Waals surface area contributed by atoms with E-state index in [0.717, 1.165) is 29.7 Å². The smallest absolute Gasteiger partial charge is 0.256 e. The molecular formula is C20H22N2O2. The minimum absolute atomic E-state index is 0.0404. The molecule has 24 heavy (non-hydrogen) atoms. The first-order chi connectivity index (χ1) is 11.7. The van der Waals surface area contributed by atoms with Crippen LogP contribution in [0, 0.1) is 0 Å². The second kappa shape index (κ2) is 6.87. The molecule has 124 valence electrons. The van der Waals surface area contributed by atoms with Gasteiger partial charge in [0.1, 0.15) is 0 Å². The largest absolute Gasteiger partial charge is 0.334 e. The summed E-state index contributed by atoms with van der Waals surface area (Å²) in [5.74, 6) is -0.263. The van der Waals surface area contributed by atoms with Gasteiger partial charge in [0, 0.05) is 18.8 Å². The Morgan fingerprint density at radius 2 is 1.92 bits per heavy atom. The molecule has 0 aliphatic carbocycles. The van der Waals surface area contributed by atoms with Crippen molar-refractivity contribution >= 4 is 17.5 Å². The van der Waals surface area contributed by atoms with E-state index in [9.17, 15) is 9.59 Å². The van der Waals surface area contributed by atoms with Gasteiger partial charge >= 0.3 is 0 Å². The van der Waals surface area contributed by atoms with Crippen molar-refractivity contribution in [3.05, 3.63) is 64.7 Å². The first-order valence-electron chi connectivity index (χ1n) is 8.46. The topological polar surface area (TPSA) is 49.4 Å². The van der Waals surface area contributed by atoms with Crippen LogP contribution in [-0.4, -0.2) is 23.3 Å². The Labute approximate surface area is 142 Å². The van der Waals surface area contributed by atoms with Crippen LogP contribution in [-0.2, 0) is 13.0 Å². The molecule has 0 unspecified atom stereocenters. The number of carbonyl (C=O) groups is 2. The summed E-state index contributed by atoms with van der Waals surface area (Å²) in [6.45, 7) is 5.41. The Hall–Kier alpha value is -2.62. The molecule has 0 bridgehead atoms. The lowest BCUT2D eigenvalue weighted by Crippen LogP contribution is -2.26. The van der Waals surface area contributed by atoms with Crippen molar-refractivity contribution in [2.45, 2.75) is 33.2 Å². The molecule has 0 saturated heterocycles. The Bertz CT molecular complexity index is 783. The number of para-hydroxylation sites is 1. The van der Waals surface area contributed by atoms with Crippen molar-refractivity contribution < 1.29 is 9.59 Å². The fourth-order valence-electron chi connectivity index (χ4n) is 3.20. The standard InChI is InChI=1S/C20H22N2O2/c1-3-12-22-13-15-9-7-10-16(18(15)20(22)24)19(23)21-17-11-6-5-8-14(17)4-2/h5-11H,3-4,12-13H2,1-2H3,(H,21,23). The predicted octanol–water partition coefficient (Wildman–Crippen LogP) is 3.87. The summed E-state index contributed by atoms with van der Waals surface area (Å²) in [4.78, 5) is 27.2. The minimum Gasteiger partial charge on any atom is -0.334 e. The first-order valence-corrected chi connectivity index (χ1v) is 8.46.